The molecular weight excluding hydrogens is 286 g/mol. The van der Waals surface area contributed by atoms with Crippen LogP contribution < -0.4 is 4.90 Å². The minimum atomic E-state index is -0.0719. The standard InChI is InChI=1S/C19H23N3O/c1-14(2)16-7-5-11-22(13-16)18-9-3-8-17(21-18)19(23)15-6-4-10-20-12-15/h3-4,6,8-10,12,14,16H,5,7,11,13H2,1-2H3/t16-/m1/s1. The largest absolute Gasteiger partial charge is 0.356 e. The van der Waals surface area contributed by atoms with Crippen molar-refractivity contribution < 1.29 is 4.79 Å². The summed E-state index contributed by atoms with van der Waals surface area (Å²) in [4.78, 5) is 23.5. The van der Waals surface area contributed by atoms with Gasteiger partial charge in [-0.2, -0.15) is 0 Å². The van der Waals surface area contributed by atoms with Gasteiger partial charge >= 0.3 is 0 Å². The van der Waals surface area contributed by atoms with Crippen LogP contribution in [0.4, 0.5) is 5.82 Å². The van der Waals surface area contributed by atoms with Gasteiger partial charge in [0.2, 0.25) is 5.78 Å². The van der Waals surface area contributed by atoms with E-state index in [9.17, 15) is 4.79 Å². The Hall–Kier alpha value is -2.23. The van der Waals surface area contributed by atoms with Crippen molar-refractivity contribution in [2.24, 2.45) is 11.8 Å². The second-order valence-electron chi connectivity index (χ2n) is 6.54. The number of carbonyl (C=O) groups is 1. The highest BCUT2D eigenvalue weighted by Crippen LogP contribution is 2.26. The van der Waals surface area contributed by atoms with E-state index in [0.717, 1.165) is 18.9 Å². The first-order chi connectivity index (χ1) is 11.1. The summed E-state index contributed by atoms with van der Waals surface area (Å²) in [5.74, 6) is 2.21. The van der Waals surface area contributed by atoms with Crippen molar-refractivity contribution >= 4 is 11.6 Å². The maximum atomic E-state index is 12.5. The Morgan fingerprint density at radius 1 is 1.26 bits per heavy atom. The molecule has 0 radical (unpaired) electrons. The predicted molar refractivity (Wildman–Crippen MR) is 91.7 cm³/mol. The highest BCUT2D eigenvalue weighted by Gasteiger charge is 2.23. The number of carbonyl (C=O) groups excluding carboxylic acids is 1. The second-order valence-corrected chi connectivity index (χ2v) is 6.54. The van der Waals surface area contributed by atoms with Crippen molar-refractivity contribution in [1.82, 2.24) is 9.97 Å². The van der Waals surface area contributed by atoms with E-state index in [4.69, 9.17) is 0 Å². The zero-order valence-corrected chi connectivity index (χ0v) is 13.8. The van der Waals surface area contributed by atoms with Gasteiger partial charge in [-0.1, -0.05) is 19.9 Å². The first kappa shape index (κ1) is 15.7. The molecule has 0 saturated carbocycles. The topological polar surface area (TPSA) is 46.1 Å². The quantitative estimate of drug-likeness (QED) is 0.810. The molecule has 23 heavy (non-hydrogen) atoms. The Morgan fingerprint density at radius 2 is 2.13 bits per heavy atom. The van der Waals surface area contributed by atoms with Crippen molar-refractivity contribution in [2.75, 3.05) is 18.0 Å². The molecule has 120 valence electrons. The lowest BCUT2D eigenvalue weighted by molar-refractivity contribution is 0.103. The van der Waals surface area contributed by atoms with Gasteiger partial charge < -0.3 is 4.90 Å². The van der Waals surface area contributed by atoms with Crippen LogP contribution in [0, 0.1) is 11.8 Å². The summed E-state index contributed by atoms with van der Waals surface area (Å²) in [5, 5.41) is 0. The van der Waals surface area contributed by atoms with Crippen LogP contribution in [-0.2, 0) is 0 Å². The van der Waals surface area contributed by atoms with Crippen LogP contribution in [0.5, 0.6) is 0 Å². The first-order valence-corrected chi connectivity index (χ1v) is 8.32. The molecule has 0 amide bonds. The maximum Gasteiger partial charge on any atom is 0.212 e. The van der Waals surface area contributed by atoms with Gasteiger partial charge in [0.05, 0.1) is 0 Å². The van der Waals surface area contributed by atoms with Crippen LogP contribution in [0.25, 0.3) is 0 Å². The fourth-order valence-electron chi connectivity index (χ4n) is 3.13. The Balaban J connectivity index is 1.81. The summed E-state index contributed by atoms with van der Waals surface area (Å²) in [6, 6.07) is 9.25. The van der Waals surface area contributed by atoms with Crippen LogP contribution in [0.2, 0.25) is 0 Å². The average Bonchev–Trinajstić information content (AvgIpc) is 2.62. The average molecular weight is 309 g/mol. The van der Waals surface area contributed by atoms with Gasteiger partial charge in [0.1, 0.15) is 11.5 Å². The Labute approximate surface area is 137 Å². The first-order valence-electron chi connectivity index (χ1n) is 8.32. The molecule has 1 saturated heterocycles. The van der Waals surface area contributed by atoms with Crippen molar-refractivity contribution in [3.8, 4) is 0 Å². The number of hydrogen-bond acceptors (Lipinski definition) is 4. The van der Waals surface area contributed by atoms with Gasteiger partial charge in [0, 0.05) is 31.0 Å². The zero-order valence-electron chi connectivity index (χ0n) is 13.8. The summed E-state index contributed by atoms with van der Waals surface area (Å²) in [5.41, 5.74) is 1.07. The van der Waals surface area contributed by atoms with Crippen LogP contribution in [-0.4, -0.2) is 28.8 Å². The molecule has 3 rings (SSSR count). The van der Waals surface area contributed by atoms with E-state index >= 15 is 0 Å². The van der Waals surface area contributed by atoms with E-state index in [1.807, 2.05) is 12.1 Å². The molecular formula is C19H23N3O. The SMILES string of the molecule is CC(C)[C@@H]1CCCN(c2cccc(C(=O)c3cccnc3)n2)C1. The molecule has 0 N–H and O–H groups in total. The van der Waals surface area contributed by atoms with Crippen LogP contribution in [0.3, 0.4) is 0 Å². The van der Waals surface area contributed by atoms with Gasteiger partial charge in [-0.25, -0.2) is 4.98 Å². The number of aromatic nitrogens is 2. The van der Waals surface area contributed by atoms with Crippen molar-refractivity contribution in [3.63, 3.8) is 0 Å². The Morgan fingerprint density at radius 3 is 2.87 bits per heavy atom. The molecule has 2 aromatic rings. The van der Waals surface area contributed by atoms with E-state index in [-0.39, 0.29) is 5.78 Å². The van der Waals surface area contributed by atoms with Crippen molar-refractivity contribution in [3.05, 3.63) is 54.0 Å². The van der Waals surface area contributed by atoms with Crippen molar-refractivity contribution in [2.45, 2.75) is 26.7 Å². The number of ketones is 1. The van der Waals surface area contributed by atoms with E-state index < -0.39 is 0 Å². The third kappa shape index (κ3) is 3.58. The molecule has 3 heterocycles. The van der Waals surface area contributed by atoms with E-state index in [1.54, 1.807) is 30.6 Å². The van der Waals surface area contributed by atoms with Crippen LogP contribution in [0.15, 0.2) is 42.7 Å². The molecule has 0 bridgehead atoms. The minimum absolute atomic E-state index is 0.0719. The summed E-state index contributed by atoms with van der Waals surface area (Å²) >= 11 is 0. The molecule has 4 heteroatoms. The van der Waals surface area contributed by atoms with Gasteiger partial charge in [0.15, 0.2) is 0 Å². The molecule has 0 aliphatic carbocycles. The number of pyridine rings is 2. The third-order valence-electron chi connectivity index (χ3n) is 4.62. The number of piperidine rings is 1. The lowest BCUT2D eigenvalue weighted by Crippen LogP contribution is -2.38. The van der Waals surface area contributed by atoms with Gasteiger partial charge in [-0.3, -0.25) is 9.78 Å². The maximum absolute atomic E-state index is 12.5. The molecule has 4 nitrogen and oxygen atoms in total. The molecule has 0 spiro atoms. The summed E-state index contributed by atoms with van der Waals surface area (Å²) in [6.07, 6.45) is 5.72. The van der Waals surface area contributed by atoms with E-state index in [1.165, 1.54) is 12.8 Å². The van der Waals surface area contributed by atoms with E-state index in [2.05, 4.69) is 28.7 Å². The van der Waals surface area contributed by atoms with Crippen LogP contribution >= 0.6 is 0 Å². The fraction of sp³-hybridized carbons (Fsp3) is 0.421. The van der Waals surface area contributed by atoms with E-state index in [0.29, 0.717) is 23.1 Å². The lowest BCUT2D eigenvalue weighted by atomic mass is 9.88. The van der Waals surface area contributed by atoms with Gasteiger partial charge in [-0.05, 0) is 48.9 Å². The summed E-state index contributed by atoms with van der Waals surface area (Å²) in [7, 11) is 0. The number of hydrogen-bond donors (Lipinski definition) is 0. The molecule has 1 aliphatic rings. The normalized spacial score (nSPS) is 18.2. The Kier molecular flexibility index (Phi) is 4.70. The molecule has 1 atom stereocenters. The third-order valence-corrected chi connectivity index (χ3v) is 4.62. The molecule has 1 fully saturated rings. The predicted octanol–water partition coefficient (Wildman–Crippen LogP) is 3.58. The summed E-state index contributed by atoms with van der Waals surface area (Å²) < 4.78 is 0. The van der Waals surface area contributed by atoms with Crippen LogP contribution in [0.1, 0.15) is 42.7 Å². The lowest BCUT2D eigenvalue weighted by Gasteiger charge is -2.35. The number of rotatable bonds is 4. The summed E-state index contributed by atoms with van der Waals surface area (Å²) in [6.45, 7) is 6.60. The van der Waals surface area contributed by atoms with Crippen molar-refractivity contribution in [1.29, 1.82) is 0 Å². The minimum Gasteiger partial charge on any atom is -0.356 e. The highest BCUT2D eigenvalue weighted by molar-refractivity contribution is 6.07. The molecule has 0 aromatic carbocycles. The van der Waals surface area contributed by atoms with Gasteiger partial charge in [0.25, 0.3) is 0 Å². The molecule has 2 aromatic heterocycles. The Bertz CT molecular complexity index is 669. The molecule has 0 unspecified atom stereocenters. The number of nitrogens with zero attached hydrogens (tertiary/aromatic N) is 3. The molecule has 1 aliphatic heterocycles. The highest BCUT2D eigenvalue weighted by atomic mass is 16.1. The fourth-order valence-corrected chi connectivity index (χ4v) is 3.13. The smallest absolute Gasteiger partial charge is 0.212 e. The zero-order chi connectivity index (χ0) is 16.2. The number of anilines is 1. The van der Waals surface area contributed by atoms with Gasteiger partial charge in [-0.15, -0.1) is 0 Å². The second kappa shape index (κ2) is 6.90. The monoisotopic (exact) mass is 309 g/mol.